The second-order valence-corrected chi connectivity index (χ2v) is 12.7. The van der Waals surface area contributed by atoms with Crippen molar-refractivity contribution in [2.75, 3.05) is 0 Å². The maximum atomic E-state index is 5.30. The van der Waals surface area contributed by atoms with Gasteiger partial charge in [0.25, 0.3) is 0 Å². The van der Waals surface area contributed by atoms with Crippen LogP contribution in [0.15, 0.2) is 152 Å². The molecular weight excluding hydrogens is 585 g/mol. The molecule has 48 heavy (non-hydrogen) atoms. The summed E-state index contributed by atoms with van der Waals surface area (Å²) in [5.74, 6) is 1.89. The molecule has 7 aromatic rings. The standard InChI is InChI=1S/C44H34N4/c1-5-16-32-35(6-2)44(3,4)36-26-25-34-38(39(32)36)33-23-13-14-24-37(33)45-40(34)30-21-15-22-31(27-30)43-47-41(28-17-9-7-10-18-28)46-42(48-43)29-19-11-8-12-20-29/h5-27H,2H2,1,3-4H3/b16-5-. The van der Waals surface area contributed by atoms with Crippen molar-refractivity contribution in [3.8, 4) is 45.4 Å². The second kappa shape index (κ2) is 11.7. The van der Waals surface area contributed by atoms with E-state index in [9.17, 15) is 0 Å². The Labute approximate surface area is 280 Å². The minimum Gasteiger partial charge on any atom is -0.247 e. The van der Waals surface area contributed by atoms with Crippen LogP contribution in [-0.4, -0.2) is 19.9 Å². The van der Waals surface area contributed by atoms with Gasteiger partial charge in [-0.05, 0) is 41.3 Å². The summed E-state index contributed by atoms with van der Waals surface area (Å²) < 4.78 is 0. The SMILES string of the molecule is C=CC1=C(/C=C\C)c2c(ccc3c(-c4cccc(-c5nc(-c6ccccc6)nc(-c6ccccc6)n5)c4)nc4ccccc4c23)C1(C)C. The van der Waals surface area contributed by atoms with Crippen molar-refractivity contribution in [3.05, 3.63) is 163 Å². The van der Waals surface area contributed by atoms with E-state index in [1.54, 1.807) is 0 Å². The van der Waals surface area contributed by atoms with Crippen LogP contribution in [0, 0.1) is 0 Å². The number of aromatic nitrogens is 4. The summed E-state index contributed by atoms with van der Waals surface area (Å²) in [4.78, 5) is 20.2. The van der Waals surface area contributed by atoms with Crippen LogP contribution in [0.3, 0.4) is 0 Å². The summed E-state index contributed by atoms with van der Waals surface area (Å²) in [6.45, 7) is 10.9. The first-order valence-corrected chi connectivity index (χ1v) is 16.3. The predicted octanol–water partition coefficient (Wildman–Crippen LogP) is 11.0. The first kappa shape index (κ1) is 29.4. The van der Waals surface area contributed by atoms with Crippen LogP contribution >= 0.6 is 0 Å². The Hall–Kier alpha value is -6.00. The summed E-state index contributed by atoms with van der Waals surface area (Å²) in [5.41, 5.74) is 10.5. The van der Waals surface area contributed by atoms with Crippen molar-refractivity contribution in [3.63, 3.8) is 0 Å². The van der Waals surface area contributed by atoms with Gasteiger partial charge in [-0.3, -0.25) is 0 Å². The number of allylic oxidation sites excluding steroid dienone is 5. The number of nitrogens with zero attached hydrogens (tertiary/aromatic N) is 4. The van der Waals surface area contributed by atoms with Crippen LogP contribution in [0.2, 0.25) is 0 Å². The topological polar surface area (TPSA) is 51.6 Å². The van der Waals surface area contributed by atoms with Crippen molar-refractivity contribution in [2.45, 2.75) is 26.2 Å². The van der Waals surface area contributed by atoms with E-state index in [0.717, 1.165) is 44.2 Å². The average molecular weight is 619 g/mol. The van der Waals surface area contributed by atoms with Crippen molar-refractivity contribution in [2.24, 2.45) is 0 Å². The van der Waals surface area contributed by atoms with Gasteiger partial charge < -0.3 is 0 Å². The molecule has 0 unspecified atom stereocenters. The Morgan fingerprint density at radius 2 is 1.17 bits per heavy atom. The van der Waals surface area contributed by atoms with Gasteiger partial charge in [0.05, 0.1) is 11.2 Å². The van der Waals surface area contributed by atoms with Crippen LogP contribution in [0.1, 0.15) is 31.9 Å². The highest BCUT2D eigenvalue weighted by Crippen LogP contribution is 2.51. The molecule has 1 aliphatic carbocycles. The number of para-hydroxylation sites is 1. The molecule has 4 heteroatoms. The smallest absolute Gasteiger partial charge is 0.164 e. The lowest BCUT2D eigenvalue weighted by atomic mass is 9.80. The zero-order valence-electron chi connectivity index (χ0n) is 27.3. The Balaban J connectivity index is 1.37. The normalized spacial score (nSPS) is 13.8. The lowest BCUT2D eigenvalue weighted by molar-refractivity contribution is 0.655. The Morgan fingerprint density at radius 1 is 0.583 bits per heavy atom. The van der Waals surface area contributed by atoms with Gasteiger partial charge in [-0.2, -0.15) is 0 Å². The van der Waals surface area contributed by atoms with Crippen molar-refractivity contribution in [1.82, 2.24) is 19.9 Å². The molecule has 0 saturated heterocycles. The molecule has 2 heterocycles. The Kier molecular flexibility index (Phi) is 7.14. The number of pyridine rings is 1. The molecular formula is C44H34N4. The highest BCUT2D eigenvalue weighted by atomic mass is 15.0. The van der Waals surface area contributed by atoms with Crippen molar-refractivity contribution in [1.29, 1.82) is 0 Å². The fourth-order valence-electron chi connectivity index (χ4n) is 7.13. The third kappa shape index (κ3) is 4.76. The second-order valence-electron chi connectivity index (χ2n) is 12.7. The van der Waals surface area contributed by atoms with Crippen molar-refractivity contribution < 1.29 is 0 Å². The molecule has 0 saturated carbocycles. The zero-order valence-corrected chi connectivity index (χ0v) is 27.3. The summed E-state index contributed by atoms with van der Waals surface area (Å²) in [6, 6.07) is 41.6. The zero-order chi connectivity index (χ0) is 32.8. The lowest BCUT2D eigenvalue weighted by Crippen LogP contribution is -2.16. The molecule has 0 bridgehead atoms. The number of hydrogen-bond donors (Lipinski definition) is 0. The van der Waals surface area contributed by atoms with Gasteiger partial charge in [0.2, 0.25) is 0 Å². The van der Waals surface area contributed by atoms with Gasteiger partial charge in [-0.1, -0.05) is 148 Å². The first-order chi connectivity index (χ1) is 23.5. The highest BCUT2D eigenvalue weighted by molar-refractivity contribution is 6.17. The quantitative estimate of drug-likeness (QED) is 0.174. The molecule has 5 aromatic carbocycles. The fraction of sp³-hybridized carbons (Fsp3) is 0.0909. The fourth-order valence-corrected chi connectivity index (χ4v) is 7.13. The van der Waals surface area contributed by atoms with E-state index in [2.05, 4.69) is 100 Å². The summed E-state index contributed by atoms with van der Waals surface area (Å²) in [5, 5.41) is 3.47. The van der Waals surface area contributed by atoms with E-state index >= 15 is 0 Å². The van der Waals surface area contributed by atoms with Crippen LogP contribution in [-0.2, 0) is 5.41 Å². The van der Waals surface area contributed by atoms with Crippen molar-refractivity contribution >= 4 is 27.2 Å². The maximum absolute atomic E-state index is 5.30. The third-order valence-corrected chi connectivity index (χ3v) is 9.40. The van der Waals surface area contributed by atoms with Gasteiger partial charge in [-0.15, -0.1) is 0 Å². The molecule has 0 amide bonds. The summed E-state index contributed by atoms with van der Waals surface area (Å²) in [6.07, 6.45) is 6.38. The molecule has 0 atom stereocenters. The van der Waals surface area contributed by atoms with Gasteiger partial charge in [0.15, 0.2) is 17.5 Å². The van der Waals surface area contributed by atoms with E-state index in [1.807, 2.05) is 66.7 Å². The van der Waals surface area contributed by atoms with E-state index in [0.29, 0.717) is 17.5 Å². The molecule has 230 valence electrons. The molecule has 0 N–H and O–H groups in total. The first-order valence-electron chi connectivity index (χ1n) is 16.3. The number of benzene rings is 5. The van der Waals surface area contributed by atoms with E-state index in [4.69, 9.17) is 19.9 Å². The van der Waals surface area contributed by atoms with E-state index in [-0.39, 0.29) is 5.41 Å². The lowest BCUT2D eigenvalue weighted by Gasteiger charge is -2.23. The monoisotopic (exact) mass is 618 g/mol. The van der Waals surface area contributed by atoms with Crippen LogP contribution in [0.5, 0.6) is 0 Å². The number of hydrogen-bond acceptors (Lipinski definition) is 4. The van der Waals surface area contributed by atoms with Gasteiger partial charge in [0.1, 0.15) is 0 Å². The molecule has 0 aliphatic heterocycles. The maximum Gasteiger partial charge on any atom is 0.164 e. The van der Waals surface area contributed by atoms with Crippen LogP contribution < -0.4 is 0 Å². The van der Waals surface area contributed by atoms with E-state index in [1.165, 1.54) is 27.7 Å². The molecule has 1 aliphatic rings. The highest BCUT2D eigenvalue weighted by Gasteiger charge is 2.37. The molecule has 0 radical (unpaired) electrons. The minimum atomic E-state index is -0.170. The molecule has 8 rings (SSSR count). The number of fused-ring (bicyclic) bond motifs is 5. The number of rotatable bonds is 6. The molecule has 0 fully saturated rings. The van der Waals surface area contributed by atoms with Crippen LogP contribution in [0.25, 0.3) is 72.7 Å². The van der Waals surface area contributed by atoms with Crippen LogP contribution in [0.4, 0.5) is 0 Å². The third-order valence-electron chi connectivity index (χ3n) is 9.40. The van der Waals surface area contributed by atoms with Gasteiger partial charge in [0, 0.05) is 43.8 Å². The van der Waals surface area contributed by atoms with Gasteiger partial charge >= 0.3 is 0 Å². The molecule has 4 nitrogen and oxygen atoms in total. The molecule has 0 spiro atoms. The average Bonchev–Trinajstić information content (AvgIpc) is 3.36. The Morgan fingerprint density at radius 3 is 1.81 bits per heavy atom. The Bertz CT molecular complexity index is 2380. The summed E-state index contributed by atoms with van der Waals surface area (Å²) >= 11 is 0. The van der Waals surface area contributed by atoms with Gasteiger partial charge in [-0.25, -0.2) is 19.9 Å². The predicted molar refractivity (Wildman–Crippen MR) is 199 cm³/mol. The minimum absolute atomic E-state index is 0.170. The largest absolute Gasteiger partial charge is 0.247 e. The van der Waals surface area contributed by atoms with E-state index < -0.39 is 0 Å². The summed E-state index contributed by atoms with van der Waals surface area (Å²) in [7, 11) is 0. The molecule has 2 aromatic heterocycles.